The molecule has 5 nitrogen and oxygen atoms in total. The van der Waals surface area contributed by atoms with E-state index in [2.05, 4.69) is 5.32 Å². The van der Waals surface area contributed by atoms with Crippen molar-refractivity contribution in [3.8, 4) is 5.75 Å². The first kappa shape index (κ1) is 15.1. The van der Waals surface area contributed by atoms with Gasteiger partial charge in [0.1, 0.15) is 0 Å². The van der Waals surface area contributed by atoms with Crippen LogP contribution in [0.4, 0.5) is 4.39 Å². The van der Waals surface area contributed by atoms with E-state index in [1.807, 2.05) is 0 Å². The number of furan rings is 1. The number of aliphatic hydroxyl groups is 1. The highest BCUT2D eigenvalue weighted by Gasteiger charge is 2.10. The number of hydrogen-bond acceptors (Lipinski definition) is 4. The second-order valence-electron chi connectivity index (χ2n) is 4.43. The van der Waals surface area contributed by atoms with Gasteiger partial charge in [0.15, 0.2) is 18.2 Å². The molecule has 2 rings (SSSR count). The van der Waals surface area contributed by atoms with Crippen molar-refractivity contribution in [2.45, 2.75) is 12.5 Å². The standard InChI is InChI=1S/C15H16FNO4/c16-12-3-1-2-4-14(12)21-10-15(19)17-7-5-13(18)11-6-8-20-9-11/h1-4,6,8-9,13,18H,5,7,10H2,(H,17,19). The highest BCUT2D eigenvalue weighted by molar-refractivity contribution is 5.77. The van der Waals surface area contributed by atoms with Gasteiger partial charge in [-0.3, -0.25) is 4.79 Å². The van der Waals surface area contributed by atoms with Crippen LogP contribution in [0.15, 0.2) is 47.3 Å². The summed E-state index contributed by atoms with van der Waals surface area (Å²) in [5.74, 6) is -0.857. The van der Waals surface area contributed by atoms with Gasteiger partial charge >= 0.3 is 0 Å². The van der Waals surface area contributed by atoms with Crippen molar-refractivity contribution >= 4 is 5.91 Å². The van der Waals surface area contributed by atoms with E-state index in [9.17, 15) is 14.3 Å². The van der Waals surface area contributed by atoms with Crippen molar-refractivity contribution in [1.29, 1.82) is 0 Å². The second kappa shape index (κ2) is 7.44. The predicted octanol–water partition coefficient (Wildman–Crippen LogP) is 2.04. The van der Waals surface area contributed by atoms with Crippen LogP contribution in [0.25, 0.3) is 0 Å². The van der Waals surface area contributed by atoms with E-state index in [-0.39, 0.29) is 24.8 Å². The molecule has 112 valence electrons. The number of halogens is 1. The Bertz CT molecular complexity index is 571. The fraction of sp³-hybridized carbons (Fsp3) is 0.267. The van der Waals surface area contributed by atoms with Crippen molar-refractivity contribution in [3.63, 3.8) is 0 Å². The Balaban J connectivity index is 1.67. The van der Waals surface area contributed by atoms with Crippen LogP contribution in [0.1, 0.15) is 18.1 Å². The third kappa shape index (κ3) is 4.61. The molecule has 0 saturated carbocycles. The number of para-hydroxylation sites is 1. The Morgan fingerprint density at radius 2 is 2.19 bits per heavy atom. The van der Waals surface area contributed by atoms with Crippen LogP contribution in [0.3, 0.4) is 0 Å². The molecule has 1 amide bonds. The second-order valence-corrected chi connectivity index (χ2v) is 4.43. The van der Waals surface area contributed by atoms with E-state index in [0.29, 0.717) is 12.0 Å². The summed E-state index contributed by atoms with van der Waals surface area (Å²) >= 11 is 0. The minimum absolute atomic E-state index is 0.0334. The Morgan fingerprint density at radius 1 is 1.38 bits per heavy atom. The summed E-state index contributed by atoms with van der Waals surface area (Å²) in [6, 6.07) is 7.53. The van der Waals surface area contributed by atoms with Gasteiger partial charge in [-0.25, -0.2) is 4.39 Å². The van der Waals surface area contributed by atoms with Gasteiger partial charge in [-0.1, -0.05) is 12.1 Å². The van der Waals surface area contributed by atoms with Gasteiger partial charge < -0.3 is 19.6 Å². The Labute approximate surface area is 121 Å². The average Bonchev–Trinajstić information content (AvgIpc) is 3.00. The smallest absolute Gasteiger partial charge is 0.257 e. The molecule has 1 aromatic heterocycles. The van der Waals surface area contributed by atoms with Crippen LogP contribution in [0.5, 0.6) is 5.75 Å². The molecule has 0 radical (unpaired) electrons. The quantitative estimate of drug-likeness (QED) is 0.819. The fourth-order valence-corrected chi connectivity index (χ4v) is 1.74. The number of ether oxygens (including phenoxy) is 1. The van der Waals surface area contributed by atoms with Crippen molar-refractivity contribution in [2.75, 3.05) is 13.2 Å². The highest BCUT2D eigenvalue weighted by atomic mass is 19.1. The maximum Gasteiger partial charge on any atom is 0.257 e. The molecule has 1 atom stereocenters. The lowest BCUT2D eigenvalue weighted by Crippen LogP contribution is -2.30. The van der Waals surface area contributed by atoms with Crippen molar-refractivity contribution in [1.82, 2.24) is 5.32 Å². The molecule has 0 aliphatic heterocycles. The molecule has 2 N–H and O–H groups in total. The monoisotopic (exact) mass is 293 g/mol. The van der Waals surface area contributed by atoms with Gasteiger partial charge in [0.2, 0.25) is 0 Å². The zero-order chi connectivity index (χ0) is 15.1. The zero-order valence-electron chi connectivity index (χ0n) is 11.3. The number of carbonyl (C=O) groups excluding carboxylic acids is 1. The number of nitrogens with one attached hydrogen (secondary N) is 1. The van der Waals surface area contributed by atoms with Crippen molar-refractivity contribution in [2.24, 2.45) is 0 Å². The summed E-state index contributed by atoms with van der Waals surface area (Å²) < 4.78 is 23.2. The molecule has 0 saturated heterocycles. The van der Waals surface area contributed by atoms with E-state index < -0.39 is 11.9 Å². The first-order valence-corrected chi connectivity index (χ1v) is 6.51. The van der Waals surface area contributed by atoms with Gasteiger partial charge in [0.05, 0.1) is 18.6 Å². The molecular formula is C15H16FNO4. The average molecular weight is 293 g/mol. The minimum atomic E-state index is -0.698. The maximum atomic E-state index is 13.3. The molecule has 0 spiro atoms. The molecule has 1 aromatic carbocycles. The lowest BCUT2D eigenvalue weighted by atomic mass is 10.1. The molecule has 0 fully saturated rings. The van der Waals surface area contributed by atoms with Crippen molar-refractivity contribution in [3.05, 3.63) is 54.2 Å². The molecule has 2 aromatic rings. The number of aliphatic hydroxyl groups excluding tert-OH is 1. The van der Waals surface area contributed by atoms with Crippen LogP contribution >= 0.6 is 0 Å². The predicted molar refractivity (Wildman–Crippen MR) is 73.2 cm³/mol. The normalized spacial score (nSPS) is 11.9. The zero-order valence-corrected chi connectivity index (χ0v) is 11.3. The number of benzene rings is 1. The van der Waals surface area contributed by atoms with E-state index in [1.165, 1.54) is 24.7 Å². The molecular weight excluding hydrogens is 277 g/mol. The Kier molecular flexibility index (Phi) is 5.34. The lowest BCUT2D eigenvalue weighted by molar-refractivity contribution is -0.123. The topological polar surface area (TPSA) is 71.7 Å². The van der Waals surface area contributed by atoms with Crippen LogP contribution < -0.4 is 10.1 Å². The highest BCUT2D eigenvalue weighted by Crippen LogP contribution is 2.16. The molecule has 0 aliphatic rings. The van der Waals surface area contributed by atoms with Gasteiger partial charge in [0.25, 0.3) is 5.91 Å². The number of hydrogen-bond donors (Lipinski definition) is 2. The van der Waals surface area contributed by atoms with Crippen LogP contribution in [0, 0.1) is 5.82 Å². The van der Waals surface area contributed by atoms with E-state index in [1.54, 1.807) is 18.2 Å². The minimum Gasteiger partial charge on any atom is -0.481 e. The molecule has 21 heavy (non-hydrogen) atoms. The van der Waals surface area contributed by atoms with Crippen LogP contribution in [-0.4, -0.2) is 24.2 Å². The third-order valence-corrected chi connectivity index (χ3v) is 2.86. The molecule has 0 bridgehead atoms. The summed E-state index contributed by atoms with van der Waals surface area (Å²) in [5, 5.41) is 12.4. The Morgan fingerprint density at radius 3 is 2.90 bits per heavy atom. The third-order valence-electron chi connectivity index (χ3n) is 2.86. The SMILES string of the molecule is O=C(COc1ccccc1F)NCCC(O)c1ccoc1. The summed E-state index contributed by atoms with van der Waals surface area (Å²) in [6.07, 6.45) is 2.58. The van der Waals surface area contributed by atoms with Gasteiger partial charge in [-0.15, -0.1) is 0 Å². The van der Waals surface area contributed by atoms with Crippen molar-refractivity contribution < 1.29 is 23.4 Å². The molecule has 0 aliphatic carbocycles. The van der Waals surface area contributed by atoms with Crippen LogP contribution in [-0.2, 0) is 4.79 Å². The van der Waals surface area contributed by atoms with E-state index in [0.717, 1.165) is 0 Å². The molecule has 1 unspecified atom stereocenters. The Hall–Kier alpha value is -2.34. The summed E-state index contributed by atoms with van der Waals surface area (Å²) in [5.41, 5.74) is 0.659. The fourth-order valence-electron chi connectivity index (χ4n) is 1.74. The number of rotatable bonds is 7. The lowest BCUT2D eigenvalue weighted by Gasteiger charge is -2.10. The van der Waals surface area contributed by atoms with E-state index in [4.69, 9.17) is 9.15 Å². The number of amides is 1. The first-order valence-electron chi connectivity index (χ1n) is 6.51. The summed E-state index contributed by atoms with van der Waals surface area (Å²) in [7, 11) is 0. The molecule has 1 heterocycles. The van der Waals surface area contributed by atoms with Gasteiger partial charge in [-0.05, 0) is 24.6 Å². The maximum absolute atomic E-state index is 13.3. The van der Waals surface area contributed by atoms with E-state index >= 15 is 0 Å². The van der Waals surface area contributed by atoms with Gasteiger partial charge in [-0.2, -0.15) is 0 Å². The van der Waals surface area contributed by atoms with Crippen LogP contribution in [0.2, 0.25) is 0 Å². The molecule has 6 heteroatoms. The van der Waals surface area contributed by atoms with Gasteiger partial charge in [0, 0.05) is 12.1 Å². The summed E-state index contributed by atoms with van der Waals surface area (Å²) in [4.78, 5) is 11.5. The number of carbonyl (C=O) groups is 1. The first-order chi connectivity index (χ1) is 10.2. The largest absolute Gasteiger partial charge is 0.481 e. The summed E-state index contributed by atoms with van der Waals surface area (Å²) in [6.45, 7) is 0.00848.